The van der Waals surface area contributed by atoms with Crippen LogP contribution in [0.3, 0.4) is 0 Å². The molecular formula is C34H25ClN2O6S. The van der Waals surface area contributed by atoms with E-state index in [9.17, 15) is 19.5 Å². The summed E-state index contributed by atoms with van der Waals surface area (Å²) < 4.78 is 13.4. The van der Waals surface area contributed by atoms with Crippen molar-refractivity contribution in [1.82, 2.24) is 4.57 Å². The van der Waals surface area contributed by atoms with Gasteiger partial charge in [-0.05, 0) is 61.4 Å². The molecule has 0 spiro atoms. The van der Waals surface area contributed by atoms with Gasteiger partial charge >= 0.3 is 11.9 Å². The maximum absolute atomic E-state index is 14.1. The van der Waals surface area contributed by atoms with Gasteiger partial charge < -0.3 is 14.3 Å². The summed E-state index contributed by atoms with van der Waals surface area (Å²) in [5, 5.41) is 9.95. The van der Waals surface area contributed by atoms with Crippen LogP contribution in [0, 0.1) is 6.92 Å². The summed E-state index contributed by atoms with van der Waals surface area (Å²) in [6.07, 6.45) is 1.62. The maximum atomic E-state index is 14.1. The maximum Gasteiger partial charge on any atom is 0.338 e. The SMILES string of the molecule is CCOC(=O)C1=C(c2ccccc2)N=c2s/c(=C\c3ccc(-c4cc(C(=O)O)ccc4C)o3)c(=O)n2[C@H]1c1ccc(Cl)cc1. The number of halogens is 1. The molecule has 6 rings (SSSR count). The third kappa shape index (κ3) is 5.43. The first-order valence-corrected chi connectivity index (χ1v) is 14.9. The highest BCUT2D eigenvalue weighted by Gasteiger charge is 2.35. The lowest BCUT2D eigenvalue weighted by molar-refractivity contribution is -0.138. The lowest BCUT2D eigenvalue weighted by atomic mass is 9.93. The molecule has 0 saturated heterocycles. The molecule has 0 unspecified atom stereocenters. The third-order valence-electron chi connectivity index (χ3n) is 7.21. The van der Waals surface area contributed by atoms with E-state index < -0.39 is 18.0 Å². The lowest BCUT2D eigenvalue weighted by Crippen LogP contribution is -2.39. The number of hydrogen-bond donors (Lipinski definition) is 1. The number of furan rings is 1. The number of rotatable bonds is 7. The minimum absolute atomic E-state index is 0.144. The molecule has 3 heterocycles. The summed E-state index contributed by atoms with van der Waals surface area (Å²) in [5.41, 5.74) is 3.32. The standard InChI is InChI=1S/C34H25ClN2O6S/c1-3-42-33(41)28-29(20-7-5-4-6-8-20)36-34-37(30(28)21-11-13-23(35)14-12-21)31(38)27(44-34)18-24-15-16-26(43-24)25-17-22(32(39)40)10-9-19(25)2/h4-18,30H,3H2,1-2H3,(H,39,40)/b27-18-/t30-/m0/s1. The molecule has 0 saturated carbocycles. The Morgan fingerprint density at radius 2 is 1.82 bits per heavy atom. The van der Waals surface area contributed by atoms with Crippen LogP contribution in [0.1, 0.15) is 45.8 Å². The number of nitrogens with zero attached hydrogens (tertiary/aromatic N) is 2. The Morgan fingerprint density at radius 1 is 1.07 bits per heavy atom. The molecule has 0 fully saturated rings. The molecular weight excluding hydrogens is 600 g/mol. The third-order valence-corrected chi connectivity index (χ3v) is 8.44. The van der Waals surface area contributed by atoms with E-state index in [0.717, 1.165) is 5.56 Å². The van der Waals surface area contributed by atoms with E-state index in [1.165, 1.54) is 22.0 Å². The molecule has 1 aliphatic heterocycles. The van der Waals surface area contributed by atoms with E-state index in [-0.39, 0.29) is 23.3 Å². The molecule has 0 radical (unpaired) electrons. The van der Waals surface area contributed by atoms with E-state index >= 15 is 0 Å². The monoisotopic (exact) mass is 624 g/mol. The van der Waals surface area contributed by atoms with Crippen LogP contribution in [0.25, 0.3) is 23.1 Å². The van der Waals surface area contributed by atoms with Gasteiger partial charge in [0.05, 0.1) is 34.0 Å². The van der Waals surface area contributed by atoms with Gasteiger partial charge in [-0.3, -0.25) is 9.36 Å². The Bertz CT molecular complexity index is 2120. The summed E-state index contributed by atoms with van der Waals surface area (Å²) in [7, 11) is 0. The van der Waals surface area contributed by atoms with E-state index in [4.69, 9.17) is 25.7 Å². The predicted molar refractivity (Wildman–Crippen MR) is 168 cm³/mol. The van der Waals surface area contributed by atoms with E-state index in [2.05, 4.69) is 0 Å². The first kappa shape index (κ1) is 29.1. The average molecular weight is 625 g/mol. The summed E-state index contributed by atoms with van der Waals surface area (Å²) in [4.78, 5) is 44.4. The average Bonchev–Trinajstić information content (AvgIpc) is 3.61. The van der Waals surface area contributed by atoms with Crippen LogP contribution >= 0.6 is 22.9 Å². The molecule has 5 aromatic rings. The van der Waals surface area contributed by atoms with Crippen LogP contribution in [-0.2, 0) is 9.53 Å². The summed E-state index contributed by atoms with van der Waals surface area (Å²) >= 11 is 7.37. The molecule has 2 aromatic heterocycles. The second-order valence-corrected chi connectivity index (χ2v) is 11.5. The van der Waals surface area contributed by atoms with Gasteiger partial charge in [0.2, 0.25) is 0 Å². The zero-order chi connectivity index (χ0) is 31.0. The Hall–Kier alpha value is -4.99. The minimum Gasteiger partial charge on any atom is -0.478 e. The topological polar surface area (TPSA) is 111 Å². The van der Waals surface area contributed by atoms with Crippen molar-refractivity contribution in [3.05, 3.63) is 143 Å². The first-order valence-electron chi connectivity index (χ1n) is 13.7. The molecule has 220 valence electrons. The number of carbonyl (C=O) groups excluding carboxylic acids is 1. The number of aromatic carboxylic acids is 1. The minimum atomic E-state index is -1.04. The number of aromatic nitrogens is 1. The number of carboxylic acid groups (broad SMARTS) is 1. The predicted octanol–water partition coefficient (Wildman–Crippen LogP) is 5.86. The van der Waals surface area contributed by atoms with Gasteiger partial charge in [0.15, 0.2) is 4.80 Å². The van der Waals surface area contributed by atoms with E-state index in [1.807, 2.05) is 37.3 Å². The van der Waals surface area contributed by atoms with Crippen molar-refractivity contribution in [3.63, 3.8) is 0 Å². The van der Waals surface area contributed by atoms with Crippen LogP contribution in [-0.4, -0.2) is 28.2 Å². The van der Waals surface area contributed by atoms with Gasteiger partial charge in [-0.2, -0.15) is 0 Å². The van der Waals surface area contributed by atoms with E-state index in [1.54, 1.807) is 61.5 Å². The molecule has 3 aromatic carbocycles. The number of fused-ring (bicyclic) bond motifs is 1. The van der Waals surface area contributed by atoms with Crippen molar-refractivity contribution in [2.45, 2.75) is 19.9 Å². The van der Waals surface area contributed by atoms with Crippen molar-refractivity contribution < 1.29 is 23.8 Å². The number of carbonyl (C=O) groups is 2. The van der Waals surface area contributed by atoms with E-state index in [0.29, 0.717) is 48.3 Å². The Kier molecular flexibility index (Phi) is 7.90. The number of carboxylic acids is 1. The number of esters is 1. The quantitative estimate of drug-likeness (QED) is 0.227. The van der Waals surface area contributed by atoms with Gasteiger partial charge in [-0.1, -0.05) is 71.5 Å². The van der Waals surface area contributed by atoms with Crippen LogP contribution in [0.2, 0.25) is 5.02 Å². The van der Waals surface area contributed by atoms with Crippen LogP contribution in [0.5, 0.6) is 0 Å². The van der Waals surface area contributed by atoms with Gasteiger partial charge in [0.25, 0.3) is 5.56 Å². The summed E-state index contributed by atoms with van der Waals surface area (Å²) in [6.45, 7) is 3.74. The van der Waals surface area contributed by atoms with Crippen LogP contribution in [0.4, 0.5) is 0 Å². The Balaban J connectivity index is 1.54. The fourth-order valence-corrected chi connectivity index (χ4v) is 6.23. The van der Waals surface area contributed by atoms with Gasteiger partial charge in [0.1, 0.15) is 11.5 Å². The summed E-state index contributed by atoms with van der Waals surface area (Å²) in [6, 6.07) is 23.7. The number of benzene rings is 3. The molecule has 0 amide bonds. The second-order valence-electron chi connectivity index (χ2n) is 10.0. The Labute approximate surface area is 260 Å². The number of ether oxygens (including phenoxy) is 1. The molecule has 0 bridgehead atoms. The number of thiazole rings is 1. The Morgan fingerprint density at radius 3 is 2.52 bits per heavy atom. The fourth-order valence-electron chi connectivity index (χ4n) is 5.13. The van der Waals surface area contributed by atoms with Crippen LogP contribution in [0.15, 0.2) is 105 Å². The smallest absolute Gasteiger partial charge is 0.338 e. The number of aryl methyl sites for hydroxylation is 1. The molecule has 0 aliphatic carbocycles. The highest BCUT2D eigenvalue weighted by molar-refractivity contribution is 7.07. The second kappa shape index (κ2) is 11.9. The van der Waals surface area contributed by atoms with Crippen molar-refractivity contribution in [1.29, 1.82) is 0 Å². The van der Waals surface area contributed by atoms with Gasteiger partial charge in [-0.15, -0.1) is 0 Å². The molecule has 10 heteroatoms. The van der Waals surface area contributed by atoms with Crippen LogP contribution < -0.4 is 14.9 Å². The first-order chi connectivity index (χ1) is 21.2. The molecule has 1 N–H and O–H groups in total. The lowest BCUT2D eigenvalue weighted by Gasteiger charge is -2.25. The van der Waals surface area contributed by atoms with Gasteiger partial charge in [-0.25, -0.2) is 14.6 Å². The summed E-state index contributed by atoms with van der Waals surface area (Å²) in [5.74, 6) is -0.730. The molecule has 8 nitrogen and oxygen atoms in total. The molecule has 1 aliphatic rings. The fraction of sp³-hybridized carbons (Fsp3) is 0.118. The zero-order valence-corrected chi connectivity index (χ0v) is 25.2. The zero-order valence-electron chi connectivity index (χ0n) is 23.6. The molecule has 44 heavy (non-hydrogen) atoms. The van der Waals surface area contributed by atoms with Crippen molar-refractivity contribution >= 4 is 46.6 Å². The van der Waals surface area contributed by atoms with Gasteiger partial charge in [0, 0.05) is 22.2 Å². The van der Waals surface area contributed by atoms with Crippen molar-refractivity contribution in [2.24, 2.45) is 4.99 Å². The largest absolute Gasteiger partial charge is 0.478 e. The highest BCUT2D eigenvalue weighted by atomic mass is 35.5. The van der Waals surface area contributed by atoms with Crippen molar-refractivity contribution in [3.8, 4) is 11.3 Å². The van der Waals surface area contributed by atoms with Crippen molar-refractivity contribution in [2.75, 3.05) is 6.61 Å². The normalized spacial score (nSPS) is 14.7. The number of hydrogen-bond acceptors (Lipinski definition) is 7. The molecule has 1 atom stereocenters. The highest BCUT2D eigenvalue weighted by Crippen LogP contribution is 2.35.